The van der Waals surface area contributed by atoms with E-state index in [1.165, 1.54) is 11.3 Å². The number of ether oxygens (including phenoxy) is 2. The Morgan fingerprint density at radius 2 is 2.06 bits per heavy atom. The first-order valence-corrected chi connectivity index (χ1v) is 6.71. The third-order valence-electron chi connectivity index (χ3n) is 2.81. The van der Waals surface area contributed by atoms with Crippen LogP contribution in [0.15, 0.2) is 23.6 Å². The minimum absolute atomic E-state index is 0.399. The number of aromatic nitrogens is 1. The van der Waals surface area contributed by atoms with E-state index >= 15 is 0 Å². The second-order valence-corrected chi connectivity index (χ2v) is 5.35. The van der Waals surface area contributed by atoms with Gasteiger partial charge in [-0.15, -0.1) is 11.3 Å². The van der Waals surface area contributed by atoms with Gasteiger partial charge in [-0.3, -0.25) is 0 Å². The van der Waals surface area contributed by atoms with Gasteiger partial charge in [0, 0.05) is 16.9 Å². The maximum absolute atomic E-state index is 5.75. The SMILES string of the molecule is CC1COc2ccc(-c3csc(N)n3)cc2OC1. The summed E-state index contributed by atoms with van der Waals surface area (Å²) in [5.41, 5.74) is 7.52. The number of nitrogen functional groups attached to an aromatic ring is 1. The number of fused-ring (bicyclic) bond motifs is 1. The average molecular weight is 262 g/mol. The molecule has 0 spiro atoms. The summed E-state index contributed by atoms with van der Waals surface area (Å²) in [6.07, 6.45) is 0. The summed E-state index contributed by atoms with van der Waals surface area (Å²) in [7, 11) is 0. The Labute approximate surface area is 109 Å². The lowest BCUT2D eigenvalue weighted by Crippen LogP contribution is -2.12. The first-order valence-electron chi connectivity index (χ1n) is 5.83. The number of nitrogens with zero attached hydrogens (tertiary/aromatic N) is 1. The number of hydrogen-bond acceptors (Lipinski definition) is 5. The molecule has 4 nitrogen and oxygen atoms in total. The quantitative estimate of drug-likeness (QED) is 0.858. The van der Waals surface area contributed by atoms with Crippen LogP contribution in [0.4, 0.5) is 5.13 Å². The second-order valence-electron chi connectivity index (χ2n) is 4.46. The number of anilines is 1. The van der Waals surface area contributed by atoms with Gasteiger partial charge >= 0.3 is 0 Å². The third kappa shape index (κ3) is 2.13. The molecule has 0 bridgehead atoms. The number of rotatable bonds is 1. The van der Waals surface area contributed by atoms with Crippen molar-refractivity contribution in [2.75, 3.05) is 18.9 Å². The Morgan fingerprint density at radius 3 is 2.78 bits per heavy atom. The summed E-state index contributed by atoms with van der Waals surface area (Å²) < 4.78 is 11.4. The second kappa shape index (κ2) is 4.49. The number of hydrogen-bond donors (Lipinski definition) is 1. The van der Waals surface area contributed by atoms with Gasteiger partial charge in [0.2, 0.25) is 0 Å². The minimum atomic E-state index is 0.399. The largest absolute Gasteiger partial charge is 0.489 e. The molecule has 0 amide bonds. The predicted molar refractivity (Wildman–Crippen MR) is 72.1 cm³/mol. The summed E-state index contributed by atoms with van der Waals surface area (Å²) in [5.74, 6) is 1.98. The Morgan fingerprint density at radius 1 is 1.28 bits per heavy atom. The maximum Gasteiger partial charge on any atom is 0.180 e. The molecule has 0 fully saturated rings. The third-order valence-corrected chi connectivity index (χ3v) is 3.48. The molecule has 1 unspecified atom stereocenters. The minimum Gasteiger partial charge on any atom is -0.489 e. The van der Waals surface area contributed by atoms with Gasteiger partial charge in [-0.1, -0.05) is 6.92 Å². The van der Waals surface area contributed by atoms with Crippen LogP contribution < -0.4 is 15.2 Å². The van der Waals surface area contributed by atoms with Crippen molar-refractivity contribution in [1.82, 2.24) is 4.98 Å². The van der Waals surface area contributed by atoms with Gasteiger partial charge in [0.05, 0.1) is 18.9 Å². The van der Waals surface area contributed by atoms with E-state index in [1.54, 1.807) is 0 Å². The normalized spacial score (nSPS) is 18.4. The molecule has 5 heteroatoms. The topological polar surface area (TPSA) is 57.4 Å². The van der Waals surface area contributed by atoms with Gasteiger partial charge in [0.15, 0.2) is 16.6 Å². The molecular weight excluding hydrogens is 248 g/mol. The summed E-state index contributed by atoms with van der Waals surface area (Å²) in [5, 5.41) is 2.52. The van der Waals surface area contributed by atoms with E-state index in [4.69, 9.17) is 15.2 Å². The van der Waals surface area contributed by atoms with Crippen LogP contribution in [0.3, 0.4) is 0 Å². The smallest absolute Gasteiger partial charge is 0.180 e. The van der Waals surface area contributed by atoms with E-state index in [2.05, 4.69) is 11.9 Å². The predicted octanol–water partition coefficient (Wildman–Crippen LogP) is 2.80. The van der Waals surface area contributed by atoms with Crippen molar-refractivity contribution in [2.24, 2.45) is 5.92 Å². The van der Waals surface area contributed by atoms with Crippen LogP contribution in [0.25, 0.3) is 11.3 Å². The monoisotopic (exact) mass is 262 g/mol. The molecule has 1 atom stereocenters. The fraction of sp³-hybridized carbons (Fsp3) is 0.308. The standard InChI is InChI=1S/C13H14N2O2S/c1-8-5-16-11-3-2-9(4-12(11)17-6-8)10-7-18-13(14)15-10/h2-4,7-8H,5-6H2,1H3,(H2,14,15). The van der Waals surface area contributed by atoms with Gasteiger partial charge in [-0.2, -0.15) is 0 Å². The number of benzene rings is 1. The molecule has 18 heavy (non-hydrogen) atoms. The van der Waals surface area contributed by atoms with Gasteiger partial charge in [0.25, 0.3) is 0 Å². The van der Waals surface area contributed by atoms with Gasteiger partial charge in [-0.05, 0) is 18.2 Å². The van der Waals surface area contributed by atoms with Gasteiger partial charge < -0.3 is 15.2 Å². The van der Waals surface area contributed by atoms with E-state index in [1.807, 2.05) is 23.6 Å². The fourth-order valence-electron chi connectivity index (χ4n) is 1.83. The zero-order valence-corrected chi connectivity index (χ0v) is 10.9. The van der Waals surface area contributed by atoms with Crippen LogP contribution in [0, 0.1) is 5.92 Å². The summed E-state index contributed by atoms with van der Waals surface area (Å²) in [6.45, 7) is 3.47. The highest BCUT2D eigenvalue weighted by Crippen LogP contribution is 2.35. The van der Waals surface area contributed by atoms with Crippen molar-refractivity contribution in [3.8, 4) is 22.8 Å². The highest BCUT2D eigenvalue weighted by molar-refractivity contribution is 7.13. The van der Waals surface area contributed by atoms with Crippen molar-refractivity contribution < 1.29 is 9.47 Å². The molecule has 0 radical (unpaired) electrons. The lowest BCUT2D eigenvalue weighted by atomic mass is 10.1. The number of nitrogens with two attached hydrogens (primary N) is 1. The Hall–Kier alpha value is -1.75. The van der Waals surface area contributed by atoms with Crippen molar-refractivity contribution >= 4 is 16.5 Å². The zero-order valence-electron chi connectivity index (χ0n) is 10.1. The fourth-order valence-corrected chi connectivity index (χ4v) is 2.40. The maximum atomic E-state index is 5.75. The van der Waals surface area contributed by atoms with E-state index in [9.17, 15) is 0 Å². The van der Waals surface area contributed by atoms with Crippen LogP contribution >= 0.6 is 11.3 Å². The van der Waals surface area contributed by atoms with E-state index in [0.29, 0.717) is 24.3 Å². The van der Waals surface area contributed by atoms with Gasteiger partial charge in [-0.25, -0.2) is 4.98 Å². The molecule has 94 valence electrons. The van der Waals surface area contributed by atoms with Crippen LogP contribution in [0.5, 0.6) is 11.5 Å². The zero-order chi connectivity index (χ0) is 12.5. The van der Waals surface area contributed by atoms with Crippen molar-refractivity contribution in [3.05, 3.63) is 23.6 Å². The van der Waals surface area contributed by atoms with Gasteiger partial charge in [0.1, 0.15) is 0 Å². The summed E-state index contributed by atoms with van der Waals surface area (Å²) >= 11 is 1.44. The molecule has 0 saturated carbocycles. The van der Waals surface area contributed by atoms with Crippen LogP contribution in [-0.4, -0.2) is 18.2 Å². The van der Waals surface area contributed by atoms with Crippen LogP contribution in [0.1, 0.15) is 6.92 Å². The molecule has 2 N–H and O–H groups in total. The van der Waals surface area contributed by atoms with E-state index in [-0.39, 0.29) is 0 Å². The molecule has 2 aromatic rings. The van der Waals surface area contributed by atoms with Crippen molar-refractivity contribution in [3.63, 3.8) is 0 Å². The molecule has 3 rings (SSSR count). The number of thiazole rings is 1. The highest BCUT2D eigenvalue weighted by Gasteiger charge is 2.16. The van der Waals surface area contributed by atoms with E-state index < -0.39 is 0 Å². The molecule has 1 aliphatic rings. The first kappa shape index (κ1) is 11.3. The Bertz CT molecular complexity index is 568. The molecule has 2 heterocycles. The lowest BCUT2D eigenvalue weighted by molar-refractivity contribution is 0.228. The van der Waals surface area contributed by atoms with Crippen molar-refractivity contribution in [2.45, 2.75) is 6.92 Å². The molecule has 1 aromatic carbocycles. The molecule has 1 aromatic heterocycles. The average Bonchev–Trinajstić information content (AvgIpc) is 2.72. The Kier molecular flexibility index (Phi) is 2.83. The highest BCUT2D eigenvalue weighted by atomic mass is 32.1. The lowest BCUT2D eigenvalue weighted by Gasteiger charge is -2.07. The van der Waals surface area contributed by atoms with E-state index in [0.717, 1.165) is 22.8 Å². The molecule has 1 aliphatic heterocycles. The summed E-state index contributed by atoms with van der Waals surface area (Å²) in [6, 6.07) is 5.87. The van der Waals surface area contributed by atoms with Crippen LogP contribution in [-0.2, 0) is 0 Å². The summed E-state index contributed by atoms with van der Waals surface area (Å²) in [4.78, 5) is 4.27. The molecular formula is C13H14N2O2S. The van der Waals surface area contributed by atoms with Crippen LogP contribution in [0.2, 0.25) is 0 Å². The van der Waals surface area contributed by atoms with Crippen molar-refractivity contribution in [1.29, 1.82) is 0 Å². The Balaban J connectivity index is 1.96. The molecule has 0 aliphatic carbocycles. The first-order chi connectivity index (χ1) is 8.72. The molecule has 0 saturated heterocycles.